The van der Waals surface area contributed by atoms with Crippen molar-refractivity contribution in [3.8, 4) is 17.6 Å². The van der Waals surface area contributed by atoms with Gasteiger partial charge in [-0.1, -0.05) is 68.8 Å². The zero-order valence-corrected chi connectivity index (χ0v) is 21.6. The van der Waals surface area contributed by atoms with E-state index in [4.69, 9.17) is 9.47 Å². The van der Waals surface area contributed by atoms with E-state index in [0.29, 0.717) is 30.3 Å². The second kappa shape index (κ2) is 10.8. The molecule has 0 saturated heterocycles. The number of ether oxygens (including phenoxy) is 2. The van der Waals surface area contributed by atoms with Crippen molar-refractivity contribution in [3.63, 3.8) is 0 Å². The van der Waals surface area contributed by atoms with Crippen molar-refractivity contribution < 1.29 is 17.9 Å². The third-order valence-electron chi connectivity index (χ3n) is 5.51. The van der Waals surface area contributed by atoms with E-state index in [1.807, 2.05) is 32.0 Å². The summed E-state index contributed by atoms with van der Waals surface area (Å²) in [5.74, 6) is 1.03. The fourth-order valence-electron chi connectivity index (χ4n) is 3.43. The smallest absolute Gasteiger partial charge is 0.216 e. The number of allylic oxidation sites excluding steroid dienone is 1. The van der Waals surface area contributed by atoms with Crippen molar-refractivity contribution in [3.05, 3.63) is 93.9 Å². The highest BCUT2D eigenvalue weighted by Gasteiger charge is 2.21. The Morgan fingerprint density at radius 2 is 1.60 bits per heavy atom. The van der Waals surface area contributed by atoms with E-state index >= 15 is 0 Å². The van der Waals surface area contributed by atoms with Gasteiger partial charge in [0.1, 0.15) is 17.6 Å². The predicted molar refractivity (Wildman–Crippen MR) is 139 cm³/mol. The minimum atomic E-state index is -3.93. The lowest BCUT2D eigenvalue weighted by atomic mass is 9.87. The van der Waals surface area contributed by atoms with E-state index in [-0.39, 0.29) is 15.2 Å². The molecule has 5 nitrogen and oxygen atoms in total. The average Bonchev–Trinajstić information content (AvgIpc) is 2.82. The van der Waals surface area contributed by atoms with Gasteiger partial charge in [-0.05, 0) is 66.3 Å². The zero-order valence-electron chi connectivity index (χ0n) is 20.8. The number of hydrogen-bond donors (Lipinski definition) is 0. The monoisotopic (exact) mass is 489 g/mol. The lowest BCUT2D eigenvalue weighted by Crippen LogP contribution is -2.10. The molecule has 182 valence electrons. The standard InChI is InChI=1S/C29H31NO4S/c1-6-33-28-18-23(17-26(19-30)35(31,32)25-14-7-21(2)8-15-25)11-16-27(28)34-20-22-9-12-24(13-10-22)29(3,4)5/h7-18H,6,20H2,1-5H3. The van der Waals surface area contributed by atoms with Crippen LogP contribution in [-0.2, 0) is 21.9 Å². The van der Waals surface area contributed by atoms with Crippen LogP contribution >= 0.6 is 0 Å². The van der Waals surface area contributed by atoms with Gasteiger partial charge in [-0.3, -0.25) is 0 Å². The first-order valence-corrected chi connectivity index (χ1v) is 13.0. The van der Waals surface area contributed by atoms with Crippen LogP contribution < -0.4 is 9.47 Å². The molecule has 0 amide bonds. The third kappa shape index (κ3) is 6.52. The van der Waals surface area contributed by atoms with Gasteiger partial charge in [0.2, 0.25) is 9.84 Å². The minimum Gasteiger partial charge on any atom is -0.490 e. The molecule has 0 aliphatic carbocycles. The quantitative estimate of drug-likeness (QED) is 0.333. The second-order valence-corrected chi connectivity index (χ2v) is 11.2. The Bertz CT molecular complexity index is 1340. The number of benzene rings is 3. The molecule has 0 N–H and O–H groups in total. The number of nitriles is 1. The summed E-state index contributed by atoms with van der Waals surface area (Å²) in [7, 11) is -3.93. The summed E-state index contributed by atoms with van der Waals surface area (Å²) < 4.78 is 37.7. The maximum absolute atomic E-state index is 13.0. The first-order chi connectivity index (χ1) is 16.5. The molecule has 0 atom stereocenters. The summed E-state index contributed by atoms with van der Waals surface area (Å²) >= 11 is 0. The number of nitrogens with zero attached hydrogens (tertiary/aromatic N) is 1. The number of aryl methyl sites for hydroxylation is 1. The van der Waals surface area contributed by atoms with Gasteiger partial charge in [-0.15, -0.1) is 0 Å². The highest BCUT2D eigenvalue weighted by molar-refractivity contribution is 7.95. The van der Waals surface area contributed by atoms with Crippen molar-refractivity contribution in [1.29, 1.82) is 5.26 Å². The topological polar surface area (TPSA) is 76.4 Å². The van der Waals surface area contributed by atoms with Crippen LogP contribution in [0.3, 0.4) is 0 Å². The summed E-state index contributed by atoms with van der Waals surface area (Å²) in [5.41, 5.74) is 3.83. The minimum absolute atomic E-state index is 0.0818. The second-order valence-electron chi connectivity index (χ2n) is 9.31. The molecule has 0 aromatic heterocycles. The molecule has 0 saturated carbocycles. The molecule has 0 bridgehead atoms. The summed E-state index contributed by atoms with van der Waals surface area (Å²) in [4.78, 5) is -0.255. The van der Waals surface area contributed by atoms with E-state index in [2.05, 4.69) is 32.9 Å². The Hall–Kier alpha value is -3.56. The normalized spacial score (nSPS) is 12.2. The molecule has 0 spiro atoms. The number of sulfone groups is 1. The Morgan fingerprint density at radius 1 is 0.943 bits per heavy atom. The number of hydrogen-bond acceptors (Lipinski definition) is 5. The number of rotatable bonds is 8. The Labute approximate surface area is 208 Å². The lowest BCUT2D eigenvalue weighted by molar-refractivity contribution is 0.269. The van der Waals surface area contributed by atoms with Gasteiger partial charge in [0.25, 0.3) is 0 Å². The molecule has 0 fully saturated rings. The van der Waals surface area contributed by atoms with E-state index in [9.17, 15) is 13.7 Å². The van der Waals surface area contributed by atoms with Crippen LogP contribution in [0, 0.1) is 18.3 Å². The molecule has 3 rings (SSSR count). The van der Waals surface area contributed by atoms with Gasteiger partial charge in [0.05, 0.1) is 11.5 Å². The third-order valence-corrected chi connectivity index (χ3v) is 7.19. The van der Waals surface area contributed by atoms with Gasteiger partial charge in [0, 0.05) is 0 Å². The molecule has 0 unspecified atom stereocenters. The molecule has 0 aliphatic rings. The summed E-state index contributed by atoms with van der Waals surface area (Å²) in [6.07, 6.45) is 1.35. The molecular weight excluding hydrogens is 458 g/mol. The fourth-order valence-corrected chi connectivity index (χ4v) is 4.59. The molecule has 35 heavy (non-hydrogen) atoms. The Morgan fingerprint density at radius 3 is 2.17 bits per heavy atom. The van der Waals surface area contributed by atoms with Crippen molar-refractivity contribution >= 4 is 15.9 Å². The van der Waals surface area contributed by atoms with Gasteiger partial charge in [-0.25, -0.2) is 8.42 Å². The molecule has 0 heterocycles. The van der Waals surface area contributed by atoms with E-state index in [0.717, 1.165) is 11.1 Å². The van der Waals surface area contributed by atoms with Gasteiger partial charge >= 0.3 is 0 Å². The van der Waals surface area contributed by atoms with Crippen LogP contribution in [-0.4, -0.2) is 15.0 Å². The van der Waals surface area contributed by atoms with Crippen molar-refractivity contribution in [2.24, 2.45) is 0 Å². The Kier molecular flexibility index (Phi) is 8.03. The van der Waals surface area contributed by atoms with Crippen LogP contribution in [0.25, 0.3) is 6.08 Å². The van der Waals surface area contributed by atoms with Crippen LogP contribution in [0.5, 0.6) is 11.5 Å². The van der Waals surface area contributed by atoms with Gasteiger partial charge in [0.15, 0.2) is 11.5 Å². The van der Waals surface area contributed by atoms with Crippen molar-refractivity contribution in [2.45, 2.75) is 51.5 Å². The van der Waals surface area contributed by atoms with E-state index in [1.165, 1.54) is 23.8 Å². The maximum atomic E-state index is 13.0. The molecule has 0 aliphatic heterocycles. The van der Waals surface area contributed by atoms with Crippen LogP contribution in [0.2, 0.25) is 0 Å². The SMILES string of the molecule is CCOc1cc(C=C(C#N)S(=O)(=O)c2ccc(C)cc2)ccc1OCc1ccc(C(C)(C)C)cc1. The average molecular weight is 490 g/mol. The van der Waals surface area contributed by atoms with Crippen LogP contribution in [0.4, 0.5) is 0 Å². The van der Waals surface area contributed by atoms with Gasteiger partial charge < -0.3 is 9.47 Å². The summed E-state index contributed by atoms with van der Waals surface area (Å²) in [6, 6.07) is 21.7. The molecule has 3 aromatic rings. The van der Waals surface area contributed by atoms with Crippen molar-refractivity contribution in [1.82, 2.24) is 0 Å². The van der Waals surface area contributed by atoms with Crippen LogP contribution in [0.15, 0.2) is 76.5 Å². The first-order valence-electron chi connectivity index (χ1n) is 11.5. The zero-order chi connectivity index (χ0) is 25.6. The first kappa shape index (κ1) is 26.1. The molecular formula is C29H31NO4S. The molecule has 0 radical (unpaired) electrons. The van der Waals surface area contributed by atoms with E-state index < -0.39 is 9.84 Å². The summed E-state index contributed by atoms with van der Waals surface area (Å²) in [6.45, 7) is 11.0. The predicted octanol–water partition coefficient (Wildman–Crippen LogP) is 6.61. The Balaban J connectivity index is 1.85. The summed E-state index contributed by atoms with van der Waals surface area (Å²) in [5, 5.41) is 9.59. The highest BCUT2D eigenvalue weighted by Crippen LogP contribution is 2.31. The lowest BCUT2D eigenvalue weighted by Gasteiger charge is -2.19. The molecule has 6 heteroatoms. The molecule has 3 aromatic carbocycles. The highest BCUT2D eigenvalue weighted by atomic mass is 32.2. The maximum Gasteiger partial charge on any atom is 0.216 e. The van der Waals surface area contributed by atoms with Crippen molar-refractivity contribution in [2.75, 3.05) is 6.61 Å². The fraction of sp³-hybridized carbons (Fsp3) is 0.276. The van der Waals surface area contributed by atoms with E-state index in [1.54, 1.807) is 30.3 Å². The van der Waals surface area contributed by atoms with Crippen LogP contribution in [0.1, 0.15) is 49.9 Å². The largest absolute Gasteiger partial charge is 0.490 e. The van der Waals surface area contributed by atoms with Gasteiger partial charge in [-0.2, -0.15) is 5.26 Å².